The zero-order valence-electron chi connectivity index (χ0n) is 17.3. The van der Waals surface area contributed by atoms with Crippen LogP contribution in [0.5, 0.6) is 5.75 Å². The minimum Gasteiger partial charge on any atom is -0.484 e. The van der Waals surface area contributed by atoms with Gasteiger partial charge in [0, 0.05) is 17.3 Å². The first-order valence-electron chi connectivity index (χ1n) is 9.85. The molecule has 8 heteroatoms. The second-order valence-electron chi connectivity index (χ2n) is 6.89. The highest BCUT2D eigenvalue weighted by Gasteiger charge is 2.09. The van der Waals surface area contributed by atoms with Gasteiger partial charge >= 0.3 is 0 Å². The number of hydrogen-bond acceptors (Lipinski definition) is 4. The quantitative estimate of drug-likeness (QED) is 0.373. The lowest BCUT2D eigenvalue weighted by Crippen LogP contribution is -2.23. The predicted octanol–water partition coefficient (Wildman–Crippen LogP) is 4.72. The van der Waals surface area contributed by atoms with Gasteiger partial charge in [-0.25, -0.2) is 4.39 Å². The van der Waals surface area contributed by atoms with E-state index in [4.69, 9.17) is 16.3 Å². The van der Waals surface area contributed by atoms with E-state index >= 15 is 0 Å². The zero-order chi connectivity index (χ0) is 23.6. The Kier molecular flexibility index (Phi) is 8.17. The van der Waals surface area contributed by atoms with E-state index in [0.717, 1.165) is 5.56 Å². The molecule has 3 rings (SSSR count). The highest BCUT2D eigenvalue weighted by molar-refractivity contribution is 6.30. The van der Waals surface area contributed by atoms with E-state index in [0.29, 0.717) is 22.0 Å². The molecule has 166 valence electrons. The number of nitrogens with zero attached hydrogens (tertiary/aromatic N) is 1. The number of carbonyl (C=O) groups is 2. The normalized spacial score (nSPS) is 10.8. The van der Waals surface area contributed by atoms with Crippen molar-refractivity contribution in [2.24, 2.45) is 0 Å². The van der Waals surface area contributed by atoms with Crippen LogP contribution in [-0.2, 0) is 16.1 Å². The van der Waals surface area contributed by atoms with Crippen LogP contribution in [0.2, 0.25) is 5.02 Å². The fraction of sp³-hybridized carbons (Fsp3) is 0.0800. The molecule has 0 fully saturated rings. The minimum atomic E-state index is -0.495. The average Bonchev–Trinajstić information content (AvgIpc) is 2.83. The number of benzene rings is 3. The van der Waals surface area contributed by atoms with Gasteiger partial charge in [0.25, 0.3) is 11.8 Å². The first-order chi connectivity index (χ1) is 15.9. The van der Waals surface area contributed by atoms with Gasteiger partial charge in [-0.05, 0) is 65.7 Å². The van der Waals surface area contributed by atoms with Crippen LogP contribution in [0.1, 0.15) is 11.1 Å². The van der Waals surface area contributed by atoms with Crippen molar-refractivity contribution in [1.82, 2.24) is 5.32 Å². The molecular weight excluding hydrogens is 445 g/mol. The SMILES string of the molecule is N#C/C(=C\c1ccc(OCC(=O)Nc2ccc(F)cc2)cc1)C(=O)NCc1ccc(Cl)cc1. The topological polar surface area (TPSA) is 91.2 Å². The minimum absolute atomic E-state index is 0.0451. The zero-order valence-corrected chi connectivity index (χ0v) is 18.1. The highest BCUT2D eigenvalue weighted by Crippen LogP contribution is 2.15. The Morgan fingerprint density at radius 1 is 1.00 bits per heavy atom. The number of ether oxygens (including phenoxy) is 1. The molecule has 0 spiro atoms. The summed E-state index contributed by atoms with van der Waals surface area (Å²) in [5.41, 5.74) is 1.89. The van der Waals surface area contributed by atoms with Crippen molar-refractivity contribution in [3.05, 3.63) is 100 Å². The molecule has 3 aromatic carbocycles. The van der Waals surface area contributed by atoms with Crippen molar-refractivity contribution in [2.75, 3.05) is 11.9 Å². The second-order valence-corrected chi connectivity index (χ2v) is 7.33. The van der Waals surface area contributed by atoms with Crippen LogP contribution in [0.4, 0.5) is 10.1 Å². The third kappa shape index (κ3) is 7.49. The van der Waals surface area contributed by atoms with Crippen molar-refractivity contribution < 1.29 is 18.7 Å². The third-order valence-electron chi connectivity index (χ3n) is 4.42. The molecule has 0 unspecified atom stereocenters. The summed E-state index contributed by atoms with van der Waals surface area (Å²) in [5.74, 6) is -0.843. The maximum absolute atomic E-state index is 12.9. The number of halogens is 2. The van der Waals surface area contributed by atoms with Gasteiger partial charge in [0.05, 0.1) is 0 Å². The average molecular weight is 464 g/mol. The van der Waals surface area contributed by atoms with Crippen LogP contribution in [0.25, 0.3) is 6.08 Å². The Bertz CT molecular complexity index is 1190. The van der Waals surface area contributed by atoms with E-state index in [1.54, 1.807) is 48.5 Å². The van der Waals surface area contributed by atoms with Gasteiger partial charge in [-0.2, -0.15) is 5.26 Å². The number of hydrogen-bond donors (Lipinski definition) is 2. The molecule has 0 radical (unpaired) electrons. The molecule has 0 aromatic heterocycles. The van der Waals surface area contributed by atoms with Crippen molar-refractivity contribution in [3.63, 3.8) is 0 Å². The summed E-state index contributed by atoms with van der Waals surface area (Å²) in [7, 11) is 0. The number of nitriles is 1. The molecule has 6 nitrogen and oxygen atoms in total. The Morgan fingerprint density at radius 2 is 1.67 bits per heavy atom. The summed E-state index contributed by atoms with van der Waals surface area (Å²) in [4.78, 5) is 24.3. The summed E-state index contributed by atoms with van der Waals surface area (Å²) in [6.45, 7) is 0.0326. The first kappa shape index (κ1) is 23.5. The molecule has 2 amide bonds. The van der Waals surface area contributed by atoms with Gasteiger partial charge < -0.3 is 15.4 Å². The van der Waals surface area contributed by atoms with Crippen LogP contribution in [0.15, 0.2) is 78.4 Å². The smallest absolute Gasteiger partial charge is 0.262 e. The molecule has 0 saturated heterocycles. The Hall–Kier alpha value is -4.15. The predicted molar refractivity (Wildman–Crippen MR) is 124 cm³/mol. The molecule has 0 aliphatic rings. The maximum atomic E-state index is 12.9. The molecular formula is C25H19ClFN3O3. The summed E-state index contributed by atoms with van der Waals surface area (Å²) in [6.07, 6.45) is 1.46. The molecule has 0 heterocycles. The van der Waals surface area contributed by atoms with E-state index in [1.165, 1.54) is 30.3 Å². The summed E-state index contributed by atoms with van der Waals surface area (Å²) >= 11 is 5.84. The maximum Gasteiger partial charge on any atom is 0.262 e. The molecule has 0 aliphatic heterocycles. The van der Waals surface area contributed by atoms with Gasteiger partial charge in [-0.1, -0.05) is 35.9 Å². The van der Waals surface area contributed by atoms with E-state index in [1.807, 2.05) is 6.07 Å². The summed E-state index contributed by atoms with van der Waals surface area (Å²) < 4.78 is 18.3. The van der Waals surface area contributed by atoms with Gasteiger partial charge in [0.15, 0.2) is 6.61 Å². The number of rotatable bonds is 8. The lowest BCUT2D eigenvalue weighted by Gasteiger charge is -2.08. The fourth-order valence-corrected chi connectivity index (χ4v) is 2.86. The van der Waals surface area contributed by atoms with Crippen LogP contribution in [-0.4, -0.2) is 18.4 Å². The van der Waals surface area contributed by atoms with Crippen LogP contribution in [0.3, 0.4) is 0 Å². The standard InChI is InChI=1S/C25H19ClFN3O3/c26-20-5-1-18(2-6-20)15-29-25(32)19(14-28)13-17-3-11-23(12-4-17)33-16-24(31)30-22-9-7-21(27)8-10-22/h1-13H,15-16H2,(H,29,32)(H,30,31)/b19-13+. The van der Waals surface area contributed by atoms with E-state index in [2.05, 4.69) is 10.6 Å². The van der Waals surface area contributed by atoms with E-state index in [9.17, 15) is 19.2 Å². The first-order valence-corrected chi connectivity index (χ1v) is 10.2. The molecule has 0 aliphatic carbocycles. The Balaban J connectivity index is 1.52. The van der Waals surface area contributed by atoms with Crippen molar-refractivity contribution >= 4 is 35.2 Å². The molecule has 0 bridgehead atoms. The van der Waals surface area contributed by atoms with E-state index in [-0.39, 0.29) is 18.7 Å². The number of nitrogens with one attached hydrogen (secondary N) is 2. The lowest BCUT2D eigenvalue weighted by atomic mass is 10.1. The molecule has 0 saturated carbocycles. The third-order valence-corrected chi connectivity index (χ3v) is 4.67. The monoisotopic (exact) mass is 463 g/mol. The van der Waals surface area contributed by atoms with Crippen LogP contribution >= 0.6 is 11.6 Å². The second kappa shape index (κ2) is 11.5. The van der Waals surface area contributed by atoms with Crippen LogP contribution in [0, 0.1) is 17.1 Å². The van der Waals surface area contributed by atoms with Gasteiger partial charge in [0.2, 0.25) is 0 Å². The highest BCUT2D eigenvalue weighted by atomic mass is 35.5. The van der Waals surface area contributed by atoms with Crippen LogP contribution < -0.4 is 15.4 Å². The lowest BCUT2D eigenvalue weighted by molar-refractivity contribution is -0.118. The van der Waals surface area contributed by atoms with Crippen molar-refractivity contribution in [3.8, 4) is 11.8 Å². The van der Waals surface area contributed by atoms with Gasteiger partial charge in [0.1, 0.15) is 23.2 Å². The summed E-state index contributed by atoms with van der Waals surface area (Å²) in [5, 5.41) is 15.2. The fourth-order valence-electron chi connectivity index (χ4n) is 2.73. The molecule has 0 atom stereocenters. The van der Waals surface area contributed by atoms with E-state index < -0.39 is 17.6 Å². The van der Waals surface area contributed by atoms with Gasteiger partial charge in [-0.15, -0.1) is 0 Å². The number of amides is 2. The molecule has 3 aromatic rings. The number of carbonyl (C=O) groups excluding carboxylic acids is 2. The molecule has 33 heavy (non-hydrogen) atoms. The van der Waals surface area contributed by atoms with Gasteiger partial charge in [-0.3, -0.25) is 9.59 Å². The largest absolute Gasteiger partial charge is 0.484 e. The molecule has 2 N–H and O–H groups in total. The number of anilines is 1. The van der Waals surface area contributed by atoms with Crippen molar-refractivity contribution in [1.29, 1.82) is 5.26 Å². The van der Waals surface area contributed by atoms with Crippen molar-refractivity contribution in [2.45, 2.75) is 6.54 Å². The Labute approximate surface area is 195 Å². The summed E-state index contributed by atoms with van der Waals surface area (Å²) in [6, 6.07) is 20.9. The Morgan fingerprint density at radius 3 is 2.30 bits per heavy atom.